The number of rotatable bonds is 1. The van der Waals surface area contributed by atoms with Crippen molar-refractivity contribution < 1.29 is 18.0 Å². The molecule has 1 aliphatic heterocycles. The average Bonchev–Trinajstić information content (AvgIpc) is 2.39. The second kappa shape index (κ2) is 6.13. The Bertz CT molecular complexity index is 533. The highest BCUT2D eigenvalue weighted by molar-refractivity contribution is 6.33. The number of likely N-dealkylation sites (tertiary alicyclic amines) is 1. The lowest BCUT2D eigenvalue weighted by molar-refractivity contribution is -0.137. The molecule has 21 heavy (non-hydrogen) atoms. The summed E-state index contributed by atoms with van der Waals surface area (Å²) >= 11 is 5.81. The van der Waals surface area contributed by atoms with E-state index in [2.05, 4.69) is 12.2 Å². The molecule has 1 aliphatic rings. The first-order valence-electron chi connectivity index (χ1n) is 6.70. The van der Waals surface area contributed by atoms with Gasteiger partial charge in [-0.25, -0.2) is 4.79 Å². The Labute approximate surface area is 126 Å². The molecule has 3 nitrogen and oxygen atoms in total. The van der Waals surface area contributed by atoms with Gasteiger partial charge in [0.2, 0.25) is 0 Å². The van der Waals surface area contributed by atoms with E-state index < -0.39 is 11.7 Å². The van der Waals surface area contributed by atoms with E-state index >= 15 is 0 Å². The lowest BCUT2D eigenvalue weighted by Crippen LogP contribution is -2.41. The summed E-state index contributed by atoms with van der Waals surface area (Å²) in [6.45, 7) is 3.35. The van der Waals surface area contributed by atoms with E-state index in [1.165, 1.54) is 6.07 Å². The van der Waals surface area contributed by atoms with Gasteiger partial charge in [0.15, 0.2) is 0 Å². The molecule has 2 amide bonds. The van der Waals surface area contributed by atoms with Crippen LogP contribution in [0.4, 0.5) is 23.7 Å². The van der Waals surface area contributed by atoms with E-state index in [0.29, 0.717) is 19.0 Å². The van der Waals surface area contributed by atoms with Crippen LogP contribution in [-0.4, -0.2) is 24.0 Å². The lowest BCUT2D eigenvalue weighted by Gasteiger charge is -2.31. The highest BCUT2D eigenvalue weighted by Gasteiger charge is 2.31. The third-order valence-corrected chi connectivity index (χ3v) is 3.79. The molecule has 0 aromatic heterocycles. The maximum absolute atomic E-state index is 12.5. The van der Waals surface area contributed by atoms with Crippen LogP contribution in [0, 0.1) is 5.92 Å². The number of piperidine rings is 1. The van der Waals surface area contributed by atoms with E-state index in [1.807, 2.05) is 0 Å². The van der Waals surface area contributed by atoms with Crippen molar-refractivity contribution in [3.05, 3.63) is 28.8 Å². The summed E-state index contributed by atoms with van der Waals surface area (Å²) in [5, 5.41) is 2.44. The maximum atomic E-state index is 12.5. The molecule has 1 aromatic carbocycles. The zero-order valence-electron chi connectivity index (χ0n) is 11.5. The molecule has 2 rings (SSSR count). The van der Waals surface area contributed by atoms with Gasteiger partial charge < -0.3 is 10.2 Å². The number of nitrogens with one attached hydrogen (secondary N) is 1. The van der Waals surface area contributed by atoms with Gasteiger partial charge in [-0.15, -0.1) is 0 Å². The summed E-state index contributed by atoms with van der Waals surface area (Å²) in [5.74, 6) is 0.424. The first kappa shape index (κ1) is 15.9. The van der Waals surface area contributed by atoms with Gasteiger partial charge in [-0.2, -0.15) is 13.2 Å². The second-order valence-electron chi connectivity index (χ2n) is 5.32. The normalized spacial score (nSPS) is 19.5. The highest BCUT2D eigenvalue weighted by atomic mass is 35.5. The molecule has 0 spiro atoms. The number of carbonyl (C=O) groups is 1. The number of anilines is 1. The Kier molecular flexibility index (Phi) is 4.66. The fraction of sp³-hybridized carbons (Fsp3) is 0.500. The Morgan fingerprint density at radius 2 is 2.14 bits per heavy atom. The van der Waals surface area contributed by atoms with Crippen molar-refractivity contribution in [2.75, 3.05) is 18.4 Å². The van der Waals surface area contributed by atoms with Crippen molar-refractivity contribution in [2.45, 2.75) is 25.9 Å². The van der Waals surface area contributed by atoms with Crippen LogP contribution in [0.25, 0.3) is 0 Å². The standard InChI is InChI=1S/C14H16ClF3N2O/c1-9-3-2-6-20(8-9)13(21)19-12-5-4-10(7-11(12)15)14(16,17)18/h4-5,7,9H,2-3,6,8H2,1H3,(H,19,21). The lowest BCUT2D eigenvalue weighted by atomic mass is 10.0. The van der Waals surface area contributed by atoms with Crippen molar-refractivity contribution in [3.8, 4) is 0 Å². The van der Waals surface area contributed by atoms with E-state index in [4.69, 9.17) is 11.6 Å². The maximum Gasteiger partial charge on any atom is 0.416 e. The van der Waals surface area contributed by atoms with Crippen molar-refractivity contribution in [1.82, 2.24) is 4.90 Å². The Morgan fingerprint density at radius 1 is 1.43 bits per heavy atom. The molecule has 0 saturated carbocycles. The largest absolute Gasteiger partial charge is 0.416 e. The van der Waals surface area contributed by atoms with Gasteiger partial charge in [0.05, 0.1) is 16.3 Å². The number of carbonyl (C=O) groups excluding carboxylic acids is 1. The van der Waals surface area contributed by atoms with Gasteiger partial charge in [0.1, 0.15) is 0 Å². The van der Waals surface area contributed by atoms with E-state index in [9.17, 15) is 18.0 Å². The molecule has 1 heterocycles. The van der Waals surface area contributed by atoms with Gasteiger partial charge in [-0.1, -0.05) is 18.5 Å². The summed E-state index contributed by atoms with van der Waals surface area (Å²) in [5.41, 5.74) is -0.648. The number of benzene rings is 1. The van der Waals surface area contributed by atoms with Crippen LogP contribution in [0.1, 0.15) is 25.3 Å². The number of alkyl halides is 3. The van der Waals surface area contributed by atoms with Crippen LogP contribution in [-0.2, 0) is 6.18 Å². The zero-order chi connectivity index (χ0) is 15.6. The quantitative estimate of drug-likeness (QED) is 0.804. The van der Waals surface area contributed by atoms with Crippen LogP contribution in [0.5, 0.6) is 0 Å². The van der Waals surface area contributed by atoms with Crippen molar-refractivity contribution in [2.24, 2.45) is 5.92 Å². The first-order valence-corrected chi connectivity index (χ1v) is 7.08. The summed E-state index contributed by atoms with van der Waals surface area (Å²) in [4.78, 5) is 13.7. The third kappa shape index (κ3) is 4.03. The topological polar surface area (TPSA) is 32.3 Å². The van der Waals surface area contributed by atoms with Gasteiger partial charge >= 0.3 is 12.2 Å². The van der Waals surface area contributed by atoms with Crippen LogP contribution in [0.3, 0.4) is 0 Å². The molecule has 1 aromatic rings. The van der Waals surface area contributed by atoms with E-state index in [-0.39, 0.29) is 16.7 Å². The molecule has 1 saturated heterocycles. The van der Waals surface area contributed by atoms with Crippen LogP contribution >= 0.6 is 11.6 Å². The molecule has 1 atom stereocenters. The second-order valence-corrected chi connectivity index (χ2v) is 5.72. The fourth-order valence-corrected chi connectivity index (χ4v) is 2.59. The molecule has 1 unspecified atom stereocenters. The summed E-state index contributed by atoms with van der Waals surface area (Å²) in [7, 11) is 0. The van der Waals surface area contributed by atoms with E-state index in [0.717, 1.165) is 25.0 Å². The van der Waals surface area contributed by atoms with E-state index in [1.54, 1.807) is 4.90 Å². The van der Waals surface area contributed by atoms with Gasteiger partial charge in [0, 0.05) is 13.1 Å². The zero-order valence-corrected chi connectivity index (χ0v) is 12.3. The molecule has 0 bridgehead atoms. The Balaban J connectivity index is 2.07. The minimum atomic E-state index is -4.45. The average molecular weight is 321 g/mol. The number of halogens is 4. The number of urea groups is 1. The minimum absolute atomic E-state index is 0.122. The molecule has 7 heteroatoms. The third-order valence-electron chi connectivity index (χ3n) is 3.48. The predicted octanol–water partition coefficient (Wildman–Crippen LogP) is 4.62. The van der Waals surface area contributed by atoms with Crippen molar-refractivity contribution in [3.63, 3.8) is 0 Å². The number of nitrogens with zero attached hydrogens (tertiary/aromatic N) is 1. The van der Waals surface area contributed by atoms with Gasteiger partial charge in [-0.05, 0) is 37.0 Å². The Hall–Kier alpha value is -1.43. The number of hydrogen-bond donors (Lipinski definition) is 1. The van der Waals surface area contributed by atoms with Crippen LogP contribution in [0.2, 0.25) is 5.02 Å². The molecular formula is C14H16ClF3N2O. The summed E-state index contributed by atoms with van der Waals surface area (Å²) in [6, 6.07) is 2.57. The molecule has 0 radical (unpaired) electrons. The molecule has 1 fully saturated rings. The number of amides is 2. The van der Waals surface area contributed by atoms with Crippen LogP contribution in [0.15, 0.2) is 18.2 Å². The predicted molar refractivity (Wildman–Crippen MR) is 75.4 cm³/mol. The van der Waals surface area contributed by atoms with Gasteiger partial charge in [-0.3, -0.25) is 0 Å². The van der Waals surface area contributed by atoms with Crippen molar-refractivity contribution in [1.29, 1.82) is 0 Å². The monoisotopic (exact) mass is 320 g/mol. The molecule has 0 aliphatic carbocycles. The number of hydrogen-bond acceptors (Lipinski definition) is 1. The highest BCUT2D eigenvalue weighted by Crippen LogP contribution is 2.33. The Morgan fingerprint density at radius 3 is 2.71 bits per heavy atom. The molecular weight excluding hydrogens is 305 g/mol. The van der Waals surface area contributed by atoms with Crippen molar-refractivity contribution >= 4 is 23.3 Å². The SMILES string of the molecule is CC1CCCN(C(=O)Nc2ccc(C(F)(F)F)cc2Cl)C1. The minimum Gasteiger partial charge on any atom is -0.324 e. The first-order chi connectivity index (χ1) is 9.77. The fourth-order valence-electron chi connectivity index (χ4n) is 2.36. The summed E-state index contributed by atoms with van der Waals surface area (Å²) < 4.78 is 37.6. The molecule has 116 valence electrons. The molecule has 1 N–H and O–H groups in total. The summed E-state index contributed by atoms with van der Waals surface area (Å²) in [6.07, 6.45) is -2.45. The smallest absolute Gasteiger partial charge is 0.324 e. The van der Waals surface area contributed by atoms with Gasteiger partial charge in [0.25, 0.3) is 0 Å². The van der Waals surface area contributed by atoms with Crippen LogP contribution < -0.4 is 5.32 Å².